The molecule has 5 nitrogen and oxygen atoms in total. The smallest absolute Gasteiger partial charge is 0.270 e. The highest BCUT2D eigenvalue weighted by atomic mass is 79.9. The molecule has 1 fully saturated rings. The molecule has 156 valence electrons. The maximum atomic E-state index is 13.3. The predicted molar refractivity (Wildman–Crippen MR) is 134 cm³/mol. The van der Waals surface area contributed by atoms with Crippen molar-refractivity contribution in [2.75, 3.05) is 4.90 Å². The van der Waals surface area contributed by atoms with Crippen LogP contribution in [0.1, 0.15) is 5.69 Å². The van der Waals surface area contributed by atoms with Gasteiger partial charge in [-0.3, -0.25) is 19.8 Å². The Hall–Kier alpha value is -3.55. The highest BCUT2D eigenvalue weighted by Gasteiger charge is 2.34. The Bertz CT molecular complexity index is 1420. The molecule has 0 aliphatic carbocycles. The van der Waals surface area contributed by atoms with Gasteiger partial charge in [-0.2, -0.15) is 0 Å². The van der Waals surface area contributed by atoms with Crippen LogP contribution in [0, 0.1) is 0 Å². The topological polar surface area (TPSA) is 54.3 Å². The van der Waals surface area contributed by atoms with Crippen LogP contribution in [0.25, 0.3) is 22.5 Å². The Balaban J connectivity index is 1.55. The fourth-order valence-electron chi connectivity index (χ4n) is 3.70. The maximum absolute atomic E-state index is 13.3. The van der Waals surface area contributed by atoms with Crippen LogP contribution in [0.3, 0.4) is 0 Å². The normalized spacial score (nSPS) is 15.5. The molecular weight excluding hydrogens is 486 g/mol. The van der Waals surface area contributed by atoms with Gasteiger partial charge in [0.05, 0.1) is 5.69 Å². The van der Waals surface area contributed by atoms with E-state index in [9.17, 15) is 9.59 Å². The zero-order chi connectivity index (χ0) is 22.2. The van der Waals surface area contributed by atoms with E-state index in [4.69, 9.17) is 12.2 Å². The van der Waals surface area contributed by atoms with E-state index in [-0.39, 0.29) is 10.7 Å². The van der Waals surface area contributed by atoms with Gasteiger partial charge in [0, 0.05) is 22.1 Å². The van der Waals surface area contributed by atoms with Gasteiger partial charge in [-0.25, -0.2) is 0 Å². The SMILES string of the molecule is O=C1NC(=S)N(c2ccc(Br)cc2)C(=O)/C1=C/c1cccn1-c1ccc2ccccc2c1. The summed E-state index contributed by atoms with van der Waals surface area (Å²) < 4.78 is 2.82. The highest BCUT2D eigenvalue weighted by Crippen LogP contribution is 2.25. The number of thiocarbonyl (C=S) groups is 1. The third-order valence-electron chi connectivity index (χ3n) is 5.27. The first kappa shape index (κ1) is 20.4. The maximum Gasteiger partial charge on any atom is 0.270 e. The average molecular weight is 502 g/mol. The fraction of sp³-hybridized carbons (Fsp3) is 0. The van der Waals surface area contributed by atoms with Crippen molar-refractivity contribution in [2.45, 2.75) is 0 Å². The van der Waals surface area contributed by atoms with Gasteiger partial charge >= 0.3 is 0 Å². The number of nitrogens with zero attached hydrogens (tertiary/aromatic N) is 2. The molecular formula is C25H16BrN3O2S. The molecule has 32 heavy (non-hydrogen) atoms. The minimum absolute atomic E-state index is 0.0160. The van der Waals surface area contributed by atoms with E-state index in [2.05, 4.69) is 39.4 Å². The van der Waals surface area contributed by atoms with E-state index in [1.165, 1.54) is 4.90 Å². The Morgan fingerprint density at radius 1 is 0.844 bits per heavy atom. The van der Waals surface area contributed by atoms with Crippen LogP contribution >= 0.6 is 28.1 Å². The number of halogens is 1. The van der Waals surface area contributed by atoms with Crippen molar-refractivity contribution < 1.29 is 9.59 Å². The molecule has 1 N–H and O–H groups in total. The highest BCUT2D eigenvalue weighted by molar-refractivity contribution is 9.10. The van der Waals surface area contributed by atoms with E-state index >= 15 is 0 Å². The van der Waals surface area contributed by atoms with E-state index in [1.807, 2.05) is 59.3 Å². The zero-order valence-electron chi connectivity index (χ0n) is 16.7. The Labute approximate surface area is 198 Å². The van der Waals surface area contributed by atoms with Crippen LogP contribution in [0.4, 0.5) is 5.69 Å². The number of hydrogen-bond acceptors (Lipinski definition) is 3. The molecule has 1 aromatic heterocycles. The number of carbonyl (C=O) groups excluding carboxylic acids is 2. The monoisotopic (exact) mass is 501 g/mol. The number of nitrogens with one attached hydrogen (secondary N) is 1. The number of rotatable bonds is 3. The summed E-state index contributed by atoms with van der Waals surface area (Å²) in [5.41, 5.74) is 2.24. The van der Waals surface area contributed by atoms with Crippen LogP contribution in [-0.2, 0) is 9.59 Å². The summed E-state index contributed by atoms with van der Waals surface area (Å²) in [6.07, 6.45) is 3.50. The number of amides is 2. The first-order chi connectivity index (χ1) is 15.5. The van der Waals surface area contributed by atoms with Crippen molar-refractivity contribution in [3.63, 3.8) is 0 Å². The molecule has 0 bridgehead atoms. The lowest BCUT2D eigenvalue weighted by molar-refractivity contribution is -0.122. The Morgan fingerprint density at radius 2 is 1.56 bits per heavy atom. The quantitative estimate of drug-likeness (QED) is 0.237. The van der Waals surface area contributed by atoms with E-state index in [0.29, 0.717) is 11.4 Å². The minimum atomic E-state index is -0.514. The van der Waals surface area contributed by atoms with E-state index < -0.39 is 11.8 Å². The summed E-state index contributed by atoms with van der Waals surface area (Å²) in [6, 6.07) is 25.1. The van der Waals surface area contributed by atoms with Crippen LogP contribution in [-0.4, -0.2) is 21.5 Å². The molecule has 1 saturated heterocycles. The summed E-state index contributed by atoms with van der Waals surface area (Å²) in [6.45, 7) is 0. The first-order valence-corrected chi connectivity index (χ1v) is 11.0. The molecule has 2 amide bonds. The number of aromatic nitrogens is 1. The second-order valence-corrected chi connectivity index (χ2v) is 8.57. The fourth-order valence-corrected chi connectivity index (χ4v) is 4.25. The molecule has 1 aliphatic rings. The summed E-state index contributed by atoms with van der Waals surface area (Å²) in [4.78, 5) is 27.3. The van der Waals surface area contributed by atoms with Gasteiger partial charge < -0.3 is 4.57 Å². The van der Waals surface area contributed by atoms with Gasteiger partial charge in [0.25, 0.3) is 11.8 Å². The second kappa shape index (κ2) is 8.18. The van der Waals surface area contributed by atoms with Gasteiger partial charge in [0.2, 0.25) is 0 Å². The Kier molecular flexibility index (Phi) is 5.20. The number of hydrogen-bond donors (Lipinski definition) is 1. The largest absolute Gasteiger partial charge is 0.317 e. The molecule has 4 aromatic rings. The number of carbonyl (C=O) groups is 2. The molecule has 0 radical (unpaired) electrons. The summed E-state index contributed by atoms with van der Waals surface area (Å²) in [5, 5.41) is 4.94. The van der Waals surface area contributed by atoms with Crippen molar-refractivity contribution in [2.24, 2.45) is 0 Å². The van der Waals surface area contributed by atoms with Crippen LogP contribution in [0.2, 0.25) is 0 Å². The van der Waals surface area contributed by atoms with Crippen LogP contribution in [0.15, 0.2) is 95.1 Å². The van der Waals surface area contributed by atoms with Crippen LogP contribution < -0.4 is 10.2 Å². The summed E-state index contributed by atoms with van der Waals surface area (Å²) >= 11 is 8.66. The van der Waals surface area contributed by atoms with Gasteiger partial charge in [0.15, 0.2) is 5.11 Å². The molecule has 3 aromatic carbocycles. The van der Waals surface area contributed by atoms with E-state index in [0.717, 1.165) is 20.9 Å². The Morgan fingerprint density at radius 3 is 2.34 bits per heavy atom. The van der Waals surface area contributed by atoms with Crippen molar-refractivity contribution in [3.05, 3.63) is 101 Å². The average Bonchev–Trinajstić information content (AvgIpc) is 3.26. The molecule has 7 heteroatoms. The zero-order valence-corrected chi connectivity index (χ0v) is 19.1. The third-order valence-corrected chi connectivity index (χ3v) is 6.08. The number of benzene rings is 3. The van der Waals surface area contributed by atoms with Crippen molar-refractivity contribution in [1.29, 1.82) is 0 Å². The molecule has 0 saturated carbocycles. The molecule has 0 unspecified atom stereocenters. The van der Waals surface area contributed by atoms with Gasteiger partial charge in [-0.1, -0.05) is 46.3 Å². The van der Waals surface area contributed by atoms with Gasteiger partial charge in [-0.05, 0) is 77.6 Å². The lowest BCUT2D eigenvalue weighted by Gasteiger charge is -2.29. The number of fused-ring (bicyclic) bond motifs is 1. The summed E-state index contributed by atoms with van der Waals surface area (Å²) in [5.74, 6) is -0.980. The molecule has 2 heterocycles. The molecule has 0 atom stereocenters. The minimum Gasteiger partial charge on any atom is -0.317 e. The van der Waals surface area contributed by atoms with Crippen molar-refractivity contribution >= 4 is 67.6 Å². The van der Waals surface area contributed by atoms with Crippen molar-refractivity contribution in [1.82, 2.24) is 9.88 Å². The van der Waals surface area contributed by atoms with Crippen molar-refractivity contribution in [3.8, 4) is 5.69 Å². The van der Waals surface area contributed by atoms with Crippen LogP contribution in [0.5, 0.6) is 0 Å². The molecule has 5 rings (SSSR count). The molecule has 1 aliphatic heterocycles. The lowest BCUT2D eigenvalue weighted by atomic mass is 10.1. The summed E-state index contributed by atoms with van der Waals surface area (Å²) in [7, 11) is 0. The lowest BCUT2D eigenvalue weighted by Crippen LogP contribution is -2.54. The van der Waals surface area contributed by atoms with Gasteiger partial charge in [0.1, 0.15) is 5.57 Å². The van der Waals surface area contributed by atoms with E-state index in [1.54, 1.807) is 18.2 Å². The molecule has 0 spiro atoms. The number of anilines is 1. The first-order valence-electron chi connectivity index (χ1n) is 9.85. The third kappa shape index (κ3) is 3.66. The standard InChI is InChI=1S/C25H16BrN3O2S/c26-18-8-11-19(12-9-18)29-24(31)22(23(30)27-25(29)32)15-20-6-3-13-28(20)21-10-7-16-4-1-2-5-17(16)14-21/h1-15H,(H,27,30,32)/b22-15+. The van der Waals surface area contributed by atoms with Gasteiger partial charge in [-0.15, -0.1) is 0 Å². The second-order valence-electron chi connectivity index (χ2n) is 7.27. The predicted octanol–water partition coefficient (Wildman–Crippen LogP) is 5.22.